The molecule has 2 aromatic rings. The number of halogens is 1. The van der Waals surface area contributed by atoms with Gasteiger partial charge in [-0.1, -0.05) is 42.5 Å². The molecule has 138 valence electrons. The summed E-state index contributed by atoms with van der Waals surface area (Å²) < 4.78 is 15.6. The monoisotopic (exact) mass is 385 g/mol. The molecule has 2 aromatic carbocycles. The van der Waals surface area contributed by atoms with Gasteiger partial charge in [0.2, 0.25) is 6.79 Å². The smallest absolute Gasteiger partial charge is 0.355 e. The number of nitrogens with one attached hydrogen (secondary N) is 1. The molecule has 0 saturated carbocycles. The molecule has 6 nitrogen and oxygen atoms in total. The van der Waals surface area contributed by atoms with E-state index < -0.39 is 11.9 Å². The van der Waals surface area contributed by atoms with E-state index in [-0.39, 0.29) is 29.7 Å². The Balaban J connectivity index is 1.88. The van der Waals surface area contributed by atoms with E-state index in [1.807, 2.05) is 0 Å². The molecule has 1 N–H and O–H groups in total. The summed E-state index contributed by atoms with van der Waals surface area (Å²) in [6.45, 7) is 3.66. The molecule has 1 heterocycles. The average Bonchev–Trinajstić information content (AvgIpc) is 3.13. The standard InChI is InChI=1S/C20H16ClNO5/c1-2-9-25-20(24)16(22-19(23)14-5-3-4-6-15(14)21)10-13-7-8-17-18(11-13)27-12-26-17/h2-8,10-11H,1,9,12H2,(H,22,23)/b16-10-. The predicted molar refractivity (Wildman–Crippen MR) is 101 cm³/mol. The molecule has 7 heteroatoms. The number of fused-ring (bicyclic) bond motifs is 1. The highest BCUT2D eigenvalue weighted by molar-refractivity contribution is 6.34. The molecular weight excluding hydrogens is 370 g/mol. The average molecular weight is 386 g/mol. The zero-order valence-electron chi connectivity index (χ0n) is 14.2. The van der Waals surface area contributed by atoms with Crippen LogP contribution in [0.25, 0.3) is 6.08 Å². The van der Waals surface area contributed by atoms with Crippen LogP contribution in [-0.2, 0) is 9.53 Å². The summed E-state index contributed by atoms with van der Waals surface area (Å²) in [5, 5.41) is 2.83. The number of carbonyl (C=O) groups excluding carboxylic acids is 2. The van der Waals surface area contributed by atoms with Crippen molar-refractivity contribution in [2.45, 2.75) is 0 Å². The zero-order valence-corrected chi connectivity index (χ0v) is 15.0. The number of rotatable bonds is 6. The van der Waals surface area contributed by atoms with Gasteiger partial charge in [0.1, 0.15) is 12.3 Å². The number of esters is 1. The first-order valence-corrected chi connectivity index (χ1v) is 8.41. The summed E-state index contributed by atoms with van der Waals surface area (Å²) >= 11 is 6.05. The van der Waals surface area contributed by atoms with E-state index in [0.29, 0.717) is 17.1 Å². The van der Waals surface area contributed by atoms with Crippen molar-refractivity contribution in [3.05, 3.63) is 77.0 Å². The van der Waals surface area contributed by atoms with Gasteiger partial charge in [0.05, 0.1) is 10.6 Å². The van der Waals surface area contributed by atoms with Gasteiger partial charge in [-0.25, -0.2) is 4.79 Å². The lowest BCUT2D eigenvalue weighted by molar-refractivity contribution is -0.138. The molecule has 0 atom stereocenters. The first-order chi connectivity index (χ1) is 13.1. The Bertz CT molecular complexity index is 922. The summed E-state index contributed by atoms with van der Waals surface area (Å²) in [5.41, 5.74) is 0.831. The number of hydrogen-bond donors (Lipinski definition) is 1. The van der Waals surface area contributed by atoms with E-state index >= 15 is 0 Å². The first kappa shape index (κ1) is 18.5. The molecule has 1 amide bonds. The van der Waals surface area contributed by atoms with Gasteiger partial charge in [0.15, 0.2) is 11.5 Å². The maximum Gasteiger partial charge on any atom is 0.355 e. The SMILES string of the molecule is C=CCOC(=O)/C(=C/c1ccc2c(c1)OCO2)NC(=O)c1ccccc1Cl. The maximum absolute atomic E-state index is 12.5. The molecule has 1 aliphatic heterocycles. The van der Waals surface area contributed by atoms with E-state index in [9.17, 15) is 9.59 Å². The van der Waals surface area contributed by atoms with Crippen LogP contribution in [0.5, 0.6) is 11.5 Å². The second-order valence-corrected chi connectivity index (χ2v) is 5.90. The van der Waals surface area contributed by atoms with Gasteiger partial charge in [0, 0.05) is 0 Å². The van der Waals surface area contributed by atoms with Gasteiger partial charge in [-0.2, -0.15) is 0 Å². The van der Waals surface area contributed by atoms with Crippen molar-refractivity contribution in [1.82, 2.24) is 5.32 Å². The van der Waals surface area contributed by atoms with Crippen molar-refractivity contribution in [2.75, 3.05) is 13.4 Å². The topological polar surface area (TPSA) is 73.9 Å². The van der Waals surface area contributed by atoms with Gasteiger partial charge in [-0.3, -0.25) is 4.79 Å². The molecule has 0 fully saturated rings. The van der Waals surface area contributed by atoms with E-state index in [1.54, 1.807) is 42.5 Å². The number of carbonyl (C=O) groups is 2. The summed E-state index contributed by atoms with van der Waals surface area (Å²) in [7, 11) is 0. The van der Waals surface area contributed by atoms with Gasteiger partial charge in [0.25, 0.3) is 5.91 Å². The van der Waals surface area contributed by atoms with Gasteiger partial charge in [-0.15, -0.1) is 0 Å². The van der Waals surface area contributed by atoms with Crippen molar-refractivity contribution < 1.29 is 23.8 Å². The quantitative estimate of drug-likeness (QED) is 0.467. The van der Waals surface area contributed by atoms with Crippen molar-refractivity contribution in [2.24, 2.45) is 0 Å². The Labute approximate surface area is 161 Å². The summed E-state index contributed by atoms with van der Waals surface area (Å²) in [6.07, 6.45) is 2.92. The molecule has 0 saturated heterocycles. The van der Waals surface area contributed by atoms with Gasteiger partial charge < -0.3 is 19.5 Å². The minimum atomic E-state index is -0.701. The van der Waals surface area contributed by atoms with E-state index in [1.165, 1.54) is 12.2 Å². The molecule has 0 radical (unpaired) electrons. The fourth-order valence-electron chi connectivity index (χ4n) is 2.36. The highest BCUT2D eigenvalue weighted by Gasteiger charge is 2.18. The largest absolute Gasteiger partial charge is 0.457 e. The Morgan fingerprint density at radius 1 is 1.19 bits per heavy atom. The summed E-state index contributed by atoms with van der Waals surface area (Å²) in [4.78, 5) is 24.9. The molecule has 0 spiro atoms. The van der Waals surface area contributed by atoms with Crippen LogP contribution in [0.4, 0.5) is 0 Å². The molecule has 0 unspecified atom stereocenters. The Kier molecular flexibility index (Phi) is 5.78. The second-order valence-electron chi connectivity index (χ2n) is 5.49. The molecule has 0 bridgehead atoms. The summed E-state index contributed by atoms with van der Waals surface area (Å²) in [5.74, 6) is -0.0563. The zero-order chi connectivity index (χ0) is 19.2. The number of ether oxygens (including phenoxy) is 3. The van der Waals surface area contributed by atoms with Gasteiger partial charge >= 0.3 is 5.97 Å². The van der Waals surface area contributed by atoms with Crippen LogP contribution < -0.4 is 14.8 Å². The molecular formula is C20H16ClNO5. The van der Waals surface area contributed by atoms with Crippen molar-refractivity contribution in [1.29, 1.82) is 0 Å². The predicted octanol–water partition coefficient (Wildman–Crippen LogP) is 3.57. The lowest BCUT2D eigenvalue weighted by Gasteiger charge is -2.10. The molecule has 0 aromatic heterocycles. The number of amides is 1. The maximum atomic E-state index is 12.5. The first-order valence-electron chi connectivity index (χ1n) is 8.03. The lowest BCUT2D eigenvalue weighted by atomic mass is 10.1. The molecule has 27 heavy (non-hydrogen) atoms. The highest BCUT2D eigenvalue weighted by Crippen LogP contribution is 2.33. The minimum Gasteiger partial charge on any atom is -0.457 e. The lowest BCUT2D eigenvalue weighted by Crippen LogP contribution is -2.28. The third kappa shape index (κ3) is 4.48. The normalized spacial score (nSPS) is 12.4. The van der Waals surface area contributed by atoms with Gasteiger partial charge in [-0.05, 0) is 35.9 Å². The highest BCUT2D eigenvalue weighted by atomic mass is 35.5. The molecule has 1 aliphatic rings. The Morgan fingerprint density at radius 2 is 1.96 bits per heavy atom. The van der Waals surface area contributed by atoms with Crippen LogP contribution >= 0.6 is 11.6 Å². The Morgan fingerprint density at radius 3 is 2.74 bits per heavy atom. The van der Waals surface area contributed by atoms with Crippen LogP contribution in [0.3, 0.4) is 0 Å². The van der Waals surface area contributed by atoms with Crippen molar-refractivity contribution in [3.8, 4) is 11.5 Å². The van der Waals surface area contributed by atoms with E-state index in [0.717, 1.165) is 0 Å². The van der Waals surface area contributed by atoms with Crippen LogP contribution in [0.15, 0.2) is 60.8 Å². The molecule has 3 rings (SSSR count). The Hall–Kier alpha value is -3.25. The third-order valence-electron chi connectivity index (χ3n) is 3.63. The van der Waals surface area contributed by atoms with Crippen LogP contribution in [-0.4, -0.2) is 25.3 Å². The minimum absolute atomic E-state index is 0.0132. The fraction of sp³-hybridized carbons (Fsp3) is 0.100. The van der Waals surface area contributed by atoms with Crippen LogP contribution in [0, 0.1) is 0 Å². The second kappa shape index (κ2) is 8.42. The number of hydrogen-bond acceptors (Lipinski definition) is 5. The number of benzene rings is 2. The summed E-state index contributed by atoms with van der Waals surface area (Å²) in [6, 6.07) is 11.7. The molecule has 0 aliphatic carbocycles. The fourth-order valence-corrected chi connectivity index (χ4v) is 2.58. The van der Waals surface area contributed by atoms with Crippen molar-refractivity contribution in [3.63, 3.8) is 0 Å². The van der Waals surface area contributed by atoms with E-state index in [2.05, 4.69) is 11.9 Å². The van der Waals surface area contributed by atoms with Crippen molar-refractivity contribution >= 4 is 29.6 Å². The third-order valence-corrected chi connectivity index (χ3v) is 3.96. The van der Waals surface area contributed by atoms with Crippen LogP contribution in [0.2, 0.25) is 5.02 Å². The van der Waals surface area contributed by atoms with Crippen LogP contribution in [0.1, 0.15) is 15.9 Å². The van der Waals surface area contributed by atoms with E-state index in [4.69, 9.17) is 25.8 Å².